The molecule has 4 nitrogen and oxygen atoms in total. The molecule has 0 spiro atoms. The molecule has 5 heteroatoms. The molecule has 0 saturated heterocycles. The maximum Gasteiger partial charge on any atom is 0.158 e. The standard InChI is InChI=1S/C13H17NO3S/c1-9(2)18(16,17)8-10-7-11-12(14(10)3)5-4-6-13(11)15/h4-7,9,15H,8H2,1-3H3. The number of phenolic OH excluding ortho intramolecular Hbond substituents is 1. The number of rotatable bonds is 3. The number of hydrogen-bond donors (Lipinski definition) is 1. The van der Waals surface area contributed by atoms with Crippen molar-refractivity contribution in [1.82, 2.24) is 4.57 Å². The van der Waals surface area contributed by atoms with E-state index >= 15 is 0 Å². The minimum Gasteiger partial charge on any atom is -0.507 e. The molecule has 2 rings (SSSR count). The van der Waals surface area contributed by atoms with Gasteiger partial charge in [0, 0.05) is 18.1 Å². The first-order valence-corrected chi connectivity index (χ1v) is 7.52. The maximum absolute atomic E-state index is 11.9. The Bertz CT molecular complexity index is 684. The molecule has 1 heterocycles. The summed E-state index contributed by atoms with van der Waals surface area (Å²) in [5.41, 5.74) is 1.53. The first kappa shape index (κ1) is 13.0. The van der Waals surface area contributed by atoms with Crippen LogP contribution in [-0.4, -0.2) is 23.3 Å². The van der Waals surface area contributed by atoms with E-state index in [2.05, 4.69) is 0 Å². The zero-order chi connectivity index (χ0) is 13.5. The van der Waals surface area contributed by atoms with Crippen molar-refractivity contribution in [3.63, 3.8) is 0 Å². The Morgan fingerprint density at radius 3 is 2.56 bits per heavy atom. The highest BCUT2D eigenvalue weighted by Crippen LogP contribution is 2.28. The van der Waals surface area contributed by atoms with Crippen LogP contribution in [-0.2, 0) is 22.6 Å². The van der Waals surface area contributed by atoms with Gasteiger partial charge in [-0.1, -0.05) is 6.07 Å². The third-order valence-electron chi connectivity index (χ3n) is 3.23. The fourth-order valence-electron chi connectivity index (χ4n) is 1.91. The van der Waals surface area contributed by atoms with Gasteiger partial charge in [-0.25, -0.2) is 8.42 Å². The summed E-state index contributed by atoms with van der Waals surface area (Å²) in [6.45, 7) is 3.35. The first-order chi connectivity index (χ1) is 8.33. The summed E-state index contributed by atoms with van der Waals surface area (Å²) >= 11 is 0. The van der Waals surface area contributed by atoms with Gasteiger partial charge in [0.25, 0.3) is 0 Å². The largest absolute Gasteiger partial charge is 0.507 e. The summed E-state index contributed by atoms with van der Waals surface area (Å²) in [6.07, 6.45) is 0. The minimum absolute atomic E-state index is 0.00468. The molecule has 0 amide bonds. The molecule has 0 aliphatic rings. The zero-order valence-corrected chi connectivity index (χ0v) is 11.5. The SMILES string of the molecule is CC(C)S(=O)(=O)Cc1cc2c(O)cccc2n1C. The van der Waals surface area contributed by atoms with E-state index < -0.39 is 15.1 Å². The van der Waals surface area contributed by atoms with Gasteiger partial charge in [-0.05, 0) is 32.0 Å². The van der Waals surface area contributed by atoms with Crippen LogP contribution in [0.5, 0.6) is 5.75 Å². The van der Waals surface area contributed by atoms with Crippen molar-refractivity contribution in [2.45, 2.75) is 24.9 Å². The summed E-state index contributed by atoms with van der Waals surface area (Å²) in [4.78, 5) is 0. The van der Waals surface area contributed by atoms with E-state index in [0.29, 0.717) is 11.1 Å². The maximum atomic E-state index is 11.9. The Labute approximate surface area is 107 Å². The fraction of sp³-hybridized carbons (Fsp3) is 0.385. The monoisotopic (exact) mass is 267 g/mol. The van der Waals surface area contributed by atoms with E-state index in [1.807, 2.05) is 17.7 Å². The Morgan fingerprint density at radius 2 is 2.00 bits per heavy atom. The highest BCUT2D eigenvalue weighted by Gasteiger charge is 2.20. The van der Waals surface area contributed by atoms with Gasteiger partial charge in [0.05, 0.1) is 16.5 Å². The molecular formula is C13H17NO3S. The molecule has 1 N–H and O–H groups in total. The number of fused-ring (bicyclic) bond motifs is 1. The predicted octanol–water partition coefficient (Wildman–Crippen LogP) is 2.21. The highest BCUT2D eigenvalue weighted by molar-refractivity contribution is 7.91. The van der Waals surface area contributed by atoms with Gasteiger partial charge in [0.1, 0.15) is 5.75 Å². The molecule has 0 bridgehead atoms. The molecule has 0 fully saturated rings. The van der Waals surface area contributed by atoms with Crippen LogP contribution >= 0.6 is 0 Å². The summed E-state index contributed by atoms with van der Waals surface area (Å²) in [6, 6.07) is 6.95. The van der Waals surface area contributed by atoms with Crippen LogP contribution in [0.1, 0.15) is 19.5 Å². The Balaban J connectivity index is 2.54. The molecule has 0 saturated carbocycles. The highest BCUT2D eigenvalue weighted by atomic mass is 32.2. The summed E-state index contributed by atoms with van der Waals surface area (Å²) in [5.74, 6) is 0.172. The van der Waals surface area contributed by atoms with Crippen molar-refractivity contribution in [3.8, 4) is 5.75 Å². The Kier molecular flexibility index (Phi) is 3.11. The third-order valence-corrected chi connectivity index (χ3v) is 5.37. The van der Waals surface area contributed by atoms with Crippen LogP contribution < -0.4 is 0 Å². The second-order valence-corrected chi connectivity index (χ2v) is 7.32. The van der Waals surface area contributed by atoms with Crippen molar-refractivity contribution >= 4 is 20.7 Å². The molecule has 0 radical (unpaired) electrons. The van der Waals surface area contributed by atoms with E-state index in [1.54, 1.807) is 32.0 Å². The zero-order valence-electron chi connectivity index (χ0n) is 10.7. The number of phenols is 1. The minimum atomic E-state index is -3.14. The van der Waals surface area contributed by atoms with Gasteiger partial charge in [0.2, 0.25) is 0 Å². The molecular weight excluding hydrogens is 250 g/mol. The third kappa shape index (κ3) is 2.10. The van der Waals surface area contributed by atoms with Crippen molar-refractivity contribution in [2.24, 2.45) is 7.05 Å². The molecule has 0 unspecified atom stereocenters. The molecule has 2 aromatic rings. The molecule has 98 valence electrons. The van der Waals surface area contributed by atoms with Gasteiger partial charge in [-0.15, -0.1) is 0 Å². The lowest BCUT2D eigenvalue weighted by atomic mass is 10.2. The molecule has 0 aliphatic carbocycles. The topological polar surface area (TPSA) is 59.3 Å². The van der Waals surface area contributed by atoms with Crippen molar-refractivity contribution in [2.75, 3.05) is 0 Å². The molecule has 1 aromatic heterocycles. The number of aromatic hydroxyl groups is 1. The quantitative estimate of drug-likeness (QED) is 0.927. The number of nitrogens with zero attached hydrogens (tertiary/aromatic N) is 1. The number of aryl methyl sites for hydroxylation is 1. The number of aromatic nitrogens is 1. The van der Waals surface area contributed by atoms with E-state index in [0.717, 1.165) is 5.52 Å². The van der Waals surface area contributed by atoms with E-state index in [9.17, 15) is 13.5 Å². The van der Waals surface area contributed by atoms with Crippen molar-refractivity contribution < 1.29 is 13.5 Å². The van der Waals surface area contributed by atoms with Gasteiger partial charge in [-0.2, -0.15) is 0 Å². The molecule has 1 aromatic carbocycles. The van der Waals surface area contributed by atoms with E-state index in [-0.39, 0.29) is 11.5 Å². The summed E-state index contributed by atoms with van der Waals surface area (Å²) < 4.78 is 25.7. The summed E-state index contributed by atoms with van der Waals surface area (Å²) in [7, 11) is -1.32. The first-order valence-electron chi connectivity index (χ1n) is 5.81. The van der Waals surface area contributed by atoms with E-state index in [4.69, 9.17) is 0 Å². The van der Waals surface area contributed by atoms with Gasteiger partial charge in [0.15, 0.2) is 9.84 Å². The molecule has 0 aliphatic heterocycles. The second-order valence-electron chi connectivity index (χ2n) is 4.76. The average molecular weight is 267 g/mol. The smallest absolute Gasteiger partial charge is 0.158 e. The lowest BCUT2D eigenvalue weighted by molar-refractivity contribution is 0.481. The van der Waals surface area contributed by atoms with Gasteiger partial charge >= 0.3 is 0 Å². The van der Waals surface area contributed by atoms with Crippen LogP contribution in [0.15, 0.2) is 24.3 Å². The lowest BCUT2D eigenvalue weighted by Crippen LogP contribution is -2.17. The van der Waals surface area contributed by atoms with Crippen molar-refractivity contribution in [1.29, 1.82) is 0 Å². The van der Waals surface area contributed by atoms with Crippen LogP contribution in [0.3, 0.4) is 0 Å². The van der Waals surface area contributed by atoms with Crippen LogP contribution in [0.4, 0.5) is 0 Å². The average Bonchev–Trinajstić information content (AvgIpc) is 2.58. The lowest BCUT2D eigenvalue weighted by Gasteiger charge is -2.08. The predicted molar refractivity (Wildman–Crippen MR) is 72.3 cm³/mol. The van der Waals surface area contributed by atoms with Gasteiger partial charge in [-0.3, -0.25) is 0 Å². The van der Waals surface area contributed by atoms with Crippen LogP contribution in [0.25, 0.3) is 10.9 Å². The van der Waals surface area contributed by atoms with E-state index in [1.165, 1.54) is 0 Å². The Morgan fingerprint density at radius 1 is 1.33 bits per heavy atom. The van der Waals surface area contributed by atoms with Crippen LogP contribution in [0, 0.1) is 0 Å². The fourth-order valence-corrected chi connectivity index (χ4v) is 2.93. The summed E-state index contributed by atoms with van der Waals surface area (Å²) in [5, 5.41) is 10.0. The molecule has 0 atom stereocenters. The van der Waals surface area contributed by atoms with Crippen LogP contribution in [0.2, 0.25) is 0 Å². The molecule has 18 heavy (non-hydrogen) atoms. The van der Waals surface area contributed by atoms with Gasteiger partial charge < -0.3 is 9.67 Å². The Hall–Kier alpha value is -1.49. The number of benzene rings is 1. The second kappa shape index (κ2) is 4.31. The normalized spacial score (nSPS) is 12.4. The number of sulfone groups is 1. The van der Waals surface area contributed by atoms with Crippen molar-refractivity contribution in [3.05, 3.63) is 30.0 Å². The number of hydrogen-bond acceptors (Lipinski definition) is 3.